The third kappa shape index (κ3) is 11.3. The third-order valence-electron chi connectivity index (χ3n) is 7.65. The minimum absolute atomic E-state index is 0.00529. The number of carboxylic acid groups (broad SMARTS) is 1. The molecule has 2 amide bonds. The fraction of sp³-hybridized carbons (Fsp3) is 0.222. The van der Waals surface area contributed by atoms with Gasteiger partial charge >= 0.3 is 5.97 Å². The molecule has 0 spiro atoms. The molecule has 13 heteroatoms. The van der Waals surface area contributed by atoms with Crippen molar-refractivity contribution in [1.29, 1.82) is 5.41 Å². The van der Waals surface area contributed by atoms with Crippen LogP contribution in [0.2, 0.25) is 0 Å². The minimum Gasteiger partial charge on any atom is -0.478 e. The summed E-state index contributed by atoms with van der Waals surface area (Å²) in [5, 5.41) is 22.5. The molecule has 11 nitrogen and oxygen atoms in total. The van der Waals surface area contributed by atoms with E-state index < -0.39 is 45.6 Å². The highest BCUT2D eigenvalue weighted by Crippen LogP contribution is 2.20. The Morgan fingerprint density at radius 1 is 0.796 bits per heavy atom. The number of nitrogens with two attached hydrogens (primary N) is 1. The first kappa shape index (κ1) is 36.8. The van der Waals surface area contributed by atoms with E-state index in [1.165, 1.54) is 36.0 Å². The van der Waals surface area contributed by atoms with E-state index >= 15 is 0 Å². The van der Waals surface area contributed by atoms with Crippen molar-refractivity contribution in [3.05, 3.63) is 131 Å². The Labute approximate surface area is 290 Å². The van der Waals surface area contributed by atoms with Crippen LogP contribution in [0.15, 0.2) is 103 Å². The standard InChI is InChI=1S/C36H39N5O6S2/c1-48-19-18-31(34(42)39-22-25-12-16-29(17-13-25)33(37)38)40-35(43)32(21-24-10-14-28(15-11-24)27-7-3-2-4-8-27)41-49(46,47)23-26-6-5-9-30(20-26)36(44)45/h2-17,20,31-32,41H,18-19,21-23H2,1H3,(H3,37,38)(H,39,42)(H,40,43)(H,44,45)/t31-,32+/m0/s1. The number of nitrogens with one attached hydrogen (secondary N) is 4. The second kappa shape index (κ2) is 17.4. The molecule has 0 radical (unpaired) electrons. The zero-order valence-corrected chi connectivity index (χ0v) is 28.5. The number of hydrogen-bond donors (Lipinski definition) is 6. The molecule has 7 N–H and O–H groups in total. The summed E-state index contributed by atoms with van der Waals surface area (Å²) in [6.45, 7) is 0.169. The lowest BCUT2D eigenvalue weighted by Crippen LogP contribution is -2.54. The van der Waals surface area contributed by atoms with E-state index in [0.717, 1.165) is 16.7 Å². The lowest BCUT2D eigenvalue weighted by Gasteiger charge is -2.23. The number of amidine groups is 1. The number of rotatable bonds is 17. The number of sulfonamides is 1. The normalized spacial score (nSPS) is 12.4. The number of benzene rings is 4. The topological polar surface area (TPSA) is 192 Å². The van der Waals surface area contributed by atoms with Gasteiger partial charge in [-0.3, -0.25) is 15.0 Å². The van der Waals surface area contributed by atoms with E-state index in [1.54, 1.807) is 24.3 Å². The molecule has 0 heterocycles. The number of nitrogen functional groups attached to an aromatic ring is 1. The molecule has 0 aliphatic carbocycles. The summed E-state index contributed by atoms with van der Waals surface area (Å²) in [7, 11) is -4.15. The largest absolute Gasteiger partial charge is 0.478 e. The zero-order chi connectivity index (χ0) is 35.4. The van der Waals surface area contributed by atoms with Crippen molar-refractivity contribution in [1.82, 2.24) is 15.4 Å². The van der Waals surface area contributed by atoms with E-state index in [4.69, 9.17) is 11.1 Å². The molecule has 0 aliphatic heterocycles. The number of amides is 2. The first-order chi connectivity index (χ1) is 23.4. The first-order valence-corrected chi connectivity index (χ1v) is 18.5. The molecule has 4 aromatic rings. The van der Waals surface area contributed by atoms with E-state index in [1.807, 2.05) is 60.9 Å². The van der Waals surface area contributed by atoms with Gasteiger partial charge in [0.25, 0.3) is 0 Å². The molecule has 0 saturated carbocycles. The summed E-state index contributed by atoms with van der Waals surface area (Å²) < 4.78 is 29.3. The molecular formula is C36H39N5O6S2. The van der Waals surface area contributed by atoms with Gasteiger partial charge in [-0.05, 0) is 64.8 Å². The summed E-state index contributed by atoms with van der Waals surface area (Å²) in [5.74, 6) is -2.36. The van der Waals surface area contributed by atoms with Crippen molar-refractivity contribution in [2.45, 2.75) is 37.2 Å². The molecule has 0 aromatic heterocycles. The van der Waals surface area contributed by atoms with Crippen LogP contribution in [-0.4, -0.2) is 61.2 Å². The maximum absolute atomic E-state index is 13.8. The Hall–Kier alpha value is -4.98. The van der Waals surface area contributed by atoms with Crippen LogP contribution in [0.3, 0.4) is 0 Å². The first-order valence-electron chi connectivity index (χ1n) is 15.4. The second-order valence-electron chi connectivity index (χ2n) is 11.4. The van der Waals surface area contributed by atoms with Gasteiger partial charge in [0.15, 0.2) is 0 Å². The Morgan fingerprint density at radius 3 is 2.08 bits per heavy atom. The van der Waals surface area contributed by atoms with Gasteiger partial charge in [-0.1, -0.05) is 91.0 Å². The molecule has 49 heavy (non-hydrogen) atoms. The lowest BCUT2D eigenvalue weighted by molar-refractivity contribution is -0.129. The van der Waals surface area contributed by atoms with Crippen molar-refractivity contribution in [3.8, 4) is 11.1 Å². The fourth-order valence-electron chi connectivity index (χ4n) is 5.05. The average molecular weight is 702 g/mol. The van der Waals surface area contributed by atoms with Crippen LogP contribution in [0.25, 0.3) is 11.1 Å². The van der Waals surface area contributed by atoms with Crippen molar-refractivity contribution < 1.29 is 27.9 Å². The highest BCUT2D eigenvalue weighted by atomic mass is 32.2. The van der Waals surface area contributed by atoms with Crippen molar-refractivity contribution >= 4 is 45.4 Å². The Kier molecular flexibility index (Phi) is 13.1. The second-order valence-corrected chi connectivity index (χ2v) is 14.1. The maximum Gasteiger partial charge on any atom is 0.335 e. The summed E-state index contributed by atoms with van der Waals surface area (Å²) >= 11 is 1.50. The molecule has 2 atom stereocenters. The highest BCUT2D eigenvalue weighted by molar-refractivity contribution is 7.98. The van der Waals surface area contributed by atoms with Crippen LogP contribution in [0.5, 0.6) is 0 Å². The SMILES string of the molecule is CSCC[C@H](NC(=O)[C@@H](Cc1ccc(-c2ccccc2)cc1)NS(=O)(=O)Cc1cccc(C(=O)O)c1)C(=O)NCc1ccc(C(=N)N)cc1. The van der Waals surface area contributed by atoms with E-state index in [-0.39, 0.29) is 29.9 Å². The molecule has 4 rings (SSSR count). The molecule has 0 unspecified atom stereocenters. The number of carbonyl (C=O) groups excluding carboxylic acids is 2. The molecule has 0 aliphatic rings. The molecule has 256 valence electrons. The number of carboxylic acids is 1. The monoisotopic (exact) mass is 701 g/mol. The predicted molar refractivity (Wildman–Crippen MR) is 193 cm³/mol. The van der Waals surface area contributed by atoms with Gasteiger partial charge < -0.3 is 21.5 Å². The summed E-state index contributed by atoms with van der Waals surface area (Å²) in [5.41, 5.74) is 9.68. The van der Waals surface area contributed by atoms with Crippen LogP contribution < -0.4 is 21.1 Å². The van der Waals surface area contributed by atoms with Gasteiger partial charge in [-0.2, -0.15) is 11.8 Å². The fourth-order valence-corrected chi connectivity index (χ4v) is 6.85. The summed E-state index contributed by atoms with van der Waals surface area (Å²) in [6, 6.07) is 27.4. The Morgan fingerprint density at radius 2 is 1.45 bits per heavy atom. The summed E-state index contributed by atoms with van der Waals surface area (Å²) in [4.78, 5) is 38.6. The van der Waals surface area contributed by atoms with Gasteiger partial charge in [0.1, 0.15) is 17.9 Å². The van der Waals surface area contributed by atoms with Gasteiger partial charge in [-0.25, -0.2) is 17.9 Å². The Bertz CT molecular complexity index is 1870. The molecule has 4 aromatic carbocycles. The van der Waals surface area contributed by atoms with Gasteiger partial charge in [-0.15, -0.1) is 0 Å². The predicted octanol–water partition coefficient (Wildman–Crippen LogP) is 3.92. The van der Waals surface area contributed by atoms with Gasteiger partial charge in [0.2, 0.25) is 21.8 Å². The lowest BCUT2D eigenvalue weighted by atomic mass is 10.0. The quantitative estimate of drug-likeness (QED) is 0.0705. The third-order valence-corrected chi connectivity index (χ3v) is 9.65. The number of carbonyl (C=O) groups is 3. The van der Waals surface area contributed by atoms with Crippen molar-refractivity contribution in [3.63, 3.8) is 0 Å². The van der Waals surface area contributed by atoms with Crippen LogP contribution >= 0.6 is 11.8 Å². The maximum atomic E-state index is 13.8. The highest BCUT2D eigenvalue weighted by Gasteiger charge is 2.29. The molecule has 0 fully saturated rings. The van der Waals surface area contributed by atoms with E-state index in [9.17, 15) is 27.9 Å². The van der Waals surface area contributed by atoms with Crippen LogP contribution in [0.4, 0.5) is 0 Å². The van der Waals surface area contributed by atoms with Gasteiger partial charge in [0, 0.05) is 12.1 Å². The minimum atomic E-state index is -4.15. The number of thioether (sulfide) groups is 1. The Balaban J connectivity index is 1.54. The molecule has 0 saturated heterocycles. The average Bonchev–Trinajstić information content (AvgIpc) is 3.09. The van der Waals surface area contributed by atoms with E-state index in [0.29, 0.717) is 23.3 Å². The zero-order valence-electron chi connectivity index (χ0n) is 26.9. The van der Waals surface area contributed by atoms with Crippen LogP contribution in [0.1, 0.15) is 39.0 Å². The number of aromatic carboxylic acids is 1. The van der Waals surface area contributed by atoms with E-state index in [2.05, 4.69) is 15.4 Å². The van der Waals surface area contributed by atoms with Gasteiger partial charge in [0.05, 0.1) is 11.3 Å². The van der Waals surface area contributed by atoms with Crippen LogP contribution in [-0.2, 0) is 38.3 Å². The molecular weight excluding hydrogens is 663 g/mol. The number of hydrogen-bond acceptors (Lipinski definition) is 7. The van der Waals surface area contributed by atoms with Crippen LogP contribution in [0, 0.1) is 5.41 Å². The van der Waals surface area contributed by atoms with Crippen molar-refractivity contribution in [2.24, 2.45) is 5.73 Å². The van der Waals surface area contributed by atoms with Crippen molar-refractivity contribution in [2.75, 3.05) is 12.0 Å². The smallest absolute Gasteiger partial charge is 0.335 e. The summed E-state index contributed by atoms with van der Waals surface area (Å²) in [6.07, 6.45) is 2.17. The molecule has 0 bridgehead atoms.